The molecule has 2 atom stereocenters. The summed E-state index contributed by atoms with van der Waals surface area (Å²) < 4.78 is 1.77. The van der Waals surface area contributed by atoms with Gasteiger partial charge in [0.25, 0.3) is 5.91 Å². The first-order valence-electron chi connectivity index (χ1n) is 16.7. The van der Waals surface area contributed by atoms with Crippen LogP contribution in [0.1, 0.15) is 73.6 Å². The molecule has 4 amide bonds. The fraction of sp³-hybridized carbons (Fsp3) is 0.368. The normalized spacial score (nSPS) is 18.8. The van der Waals surface area contributed by atoms with Gasteiger partial charge in [-0.15, -0.1) is 0 Å². The van der Waals surface area contributed by atoms with Gasteiger partial charge in [0, 0.05) is 40.5 Å². The number of anilines is 3. The van der Waals surface area contributed by atoms with E-state index < -0.39 is 0 Å². The maximum atomic E-state index is 13.1. The molecule has 3 aromatic carbocycles. The van der Waals surface area contributed by atoms with E-state index in [-0.39, 0.29) is 41.9 Å². The number of amides is 4. The molecule has 0 radical (unpaired) electrons. The molecule has 2 aliphatic rings. The summed E-state index contributed by atoms with van der Waals surface area (Å²) in [6, 6.07) is 24.7. The maximum Gasteiger partial charge on any atom is 0.324 e. The lowest BCUT2D eigenvalue weighted by atomic mass is 9.85. The van der Waals surface area contributed by atoms with E-state index in [4.69, 9.17) is 10.8 Å². The van der Waals surface area contributed by atoms with Gasteiger partial charge in [-0.25, -0.2) is 9.48 Å². The number of nitrogens with zero attached hydrogens (tertiary/aromatic N) is 3. The van der Waals surface area contributed by atoms with Gasteiger partial charge in [0.05, 0.1) is 17.9 Å². The first kappa shape index (κ1) is 32.8. The number of nitrogen functional groups attached to an aromatic ring is 1. The Morgan fingerprint density at radius 1 is 0.875 bits per heavy atom. The molecule has 48 heavy (non-hydrogen) atoms. The minimum Gasteiger partial charge on any atom is -0.399 e. The predicted octanol–water partition coefficient (Wildman–Crippen LogP) is 6.45. The quantitative estimate of drug-likeness (QED) is 0.163. The summed E-state index contributed by atoms with van der Waals surface area (Å²) in [5.41, 5.74) is 11.4. The van der Waals surface area contributed by atoms with E-state index >= 15 is 0 Å². The third kappa shape index (κ3) is 7.54. The standard InChI is InChI=1S/C38H45N7O3/c1-24-5-15-30(16-6-24)45-34(22-33(43-45)38(2,3)4)42-37(48)41-29-13-7-25(8-14-29)19-26-20-31-17-18-32(21-26)44(31)35(46)23-40-36(47)27-9-11-28(39)12-10-27/h5-16,22,26,31-32H,17-21,23,39H2,1-4H3,(H,40,47)(H2,41,42,48). The molecule has 10 nitrogen and oxygen atoms in total. The first-order chi connectivity index (χ1) is 22.9. The highest BCUT2D eigenvalue weighted by molar-refractivity contribution is 5.99. The molecule has 6 rings (SSSR count). The number of carbonyl (C=O) groups is 3. The summed E-state index contributed by atoms with van der Waals surface area (Å²) in [7, 11) is 0. The molecule has 0 aliphatic carbocycles. The van der Waals surface area contributed by atoms with Gasteiger partial charge in [-0.05, 0) is 99.0 Å². The molecule has 4 aromatic rings. The highest BCUT2D eigenvalue weighted by atomic mass is 16.2. The van der Waals surface area contributed by atoms with Gasteiger partial charge >= 0.3 is 6.03 Å². The summed E-state index contributed by atoms with van der Waals surface area (Å²) in [5.74, 6) is 0.776. The second-order valence-electron chi connectivity index (χ2n) is 14.2. The predicted molar refractivity (Wildman–Crippen MR) is 189 cm³/mol. The number of aromatic nitrogens is 2. The Labute approximate surface area is 282 Å². The van der Waals surface area contributed by atoms with E-state index in [0.717, 1.165) is 49.0 Å². The minimum atomic E-state index is -0.338. The summed E-state index contributed by atoms with van der Waals surface area (Å²) in [6.45, 7) is 8.33. The summed E-state index contributed by atoms with van der Waals surface area (Å²) in [4.78, 5) is 40.8. The number of rotatable bonds is 8. The summed E-state index contributed by atoms with van der Waals surface area (Å²) in [5, 5.41) is 13.5. The third-order valence-corrected chi connectivity index (χ3v) is 9.43. The van der Waals surface area contributed by atoms with E-state index in [1.165, 1.54) is 5.56 Å². The van der Waals surface area contributed by atoms with Crippen molar-refractivity contribution in [2.45, 2.75) is 77.3 Å². The lowest BCUT2D eigenvalue weighted by Gasteiger charge is -2.39. The number of urea groups is 1. The minimum absolute atomic E-state index is 0.00500. The number of hydrogen-bond acceptors (Lipinski definition) is 5. The van der Waals surface area contributed by atoms with Crippen molar-refractivity contribution in [3.8, 4) is 5.69 Å². The van der Waals surface area contributed by atoms with Gasteiger partial charge in [-0.1, -0.05) is 50.6 Å². The number of piperidine rings is 1. The first-order valence-corrected chi connectivity index (χ1v) is 16.7. The van der Waals surface area contributed by atoms with Crippen molar-refractivity contribution >= 4 is 35.0 Å². The van der Waals surface area contributed by atoms with Crippen LogP contribution in [-0.2, 0) is 16.6 Å². The van der Waals surface area contributed by atoms with Gasteiger partial charge < -0.3 is 21.3 Å². The molecule has 2 fully saturated rings. The fourth-order valence-corrected chi connectivity index (χ4v) is 6.90. The van der Waals surface area contributed by atoms with Crippen molar-refractivity contribution in [1.82, 2.24) is 20.0 Å². The third-order valence-electron chi connectivity index (χ3n) is 9.43. The van der Waals surface area contributed by atoms with E-state index in [1.54, 1.807) is 28.9 Å². The second-order valence-corrected chi connectivity index (χ2v) is 14.2. The topological polar surface area (TPSA) is 134 Å². The Morgan fingerprint density at radius 2 is 1.52 bits per heavy atom. The largest absolute Gasteiger partial charge is 0.399 e. The zero-order valence-electron chi connectivity index (χ0n) is 28.1. The Hall–Kier alpha value is -5.12. The average Bonchev–Trinajstić information content (AvgIpc) is 3.59. The molecular formula is C38H45N7O3. The monoisotopic (exact) mass is 647 g/mol. The molecule has 2 saturated heterocycles. The van der Waals surface area contributed by atoms with Gasteiger partial charge in [0.2, 0.25) is 5.91 Å². The molecule has 0 saturated carbocycles. The van der Waals surface area contributed by atoms with Gasteiger partial charge in [0.15, 0.2) is 0 Å². The van der Waals surface area contributed by atoms with Gasteiger partial charge in [0.1, 0.15) is 5.82 Å². The zero-order valence-corrected chi connectivity index (χ0v) is 28.1. The smallest absolute Gasteiger partial charge is 0.324 e. The van der Waals surface area contributed by atoms with Crippen LogP contribution in [0, 0.1) is 12.8 Å². The van der Waals surface area contributed by atoms with Crippen LogP contribution < -0.4 is 21.7 Å². The van der Waals surface area contributed by atoms with E-state index in [1.807, 2.05) is 54.3 Å². The SMILES string of the molecule is Cc1ccc(-n2nc(C(C)(C)C)cc2NC(=O)Nc2ccc(CC3CC4CCC(C3)N4C(=O)CNC(=O)c3ccc(N)cc3)cc2)cc1. The van der Waals surface area contributed by atoms with E-state index in [2.05, 4.69) is 48.9 Å². The Bertz CT molecular complexity index is 1760. The van der Waals surface area contributed by atoms with Crippen LogP contribution in [0.5, 0.6) is 0 Å². The zero-order chi connectivity index (χ0) is 34.0. The number of fused-ring (bicyclic) bond motifs is 2. The molecule has 2 bridgehead atoms. The van der Waals surface area contributed by atoms with E-state index in [0.29, 0.717) is 28.7 Å². The van der Waals surface area contributed by atoms with Crippen molar-refractivity contribution in [1.29, 1.82) is 0 Å². The van der Waals surface area contributed by atoms with Crippen molar-refractivity contribution in [2.24, 2.45) is 5.92 Å². The van der Waals surface area contributed by atoms with Crippen LogP contribution >= 0.6 is 0 Å². The van der Waals surface area contributed by atoms with Crippen LogP contribution in [0.15, 0.2) is 78.9 Å². The Balaban J connectivity index is 1.02. The number of nitrogens with two attached hydrogens (primary N) is 1. The van der Waals surface area contributed by atoms with Gasteiger partial charge in [-0.2, -0.15) is 5.10 Å². The summed E-state index contributed by atoms with van der Waals surface area (Å²) in [6.07, 6.45) is 4.80. The highest BCUT2D eigenvalue weighted by Crippen LogP contribution is 2.40. The lowest BCUT2D eigenvalue weighted by molar-refractivity contribution is -0.135. The van der Waals surface area contributed by atoms with E-state index in [9.17, 15) is 14.4 Å². The number of benzene rings is 3. The fourth-order valence-electron chi connectivity index (χ4n) is 6.90. The lowest BCUT2D eigenvalue weighted by Crippen LogP contribution is -2.50. The molecule has 2 unspecified atom stereocenters. The Morgan fingerprint density at radius 3 is 2.15 bits per heavy atom. The molecule has 5 N–H and O–H groups in total. The van der Waals surface area contributed by atoms with Crippen LogP contribution in [0.3, 0.4) is 0 Å². The van der Waals surface area contributed by atoms with Crippen molar-refractivity contribution in [2.75, 3.05) is 22.9 Å². The molecule has 2 aliphatic heterocycles. The number of nitrogens with one attached hydrogen (secondary N) is 3. The van der Waals surface area contributed by atoms with Crippen LogP contribution in [-0.4, -0.2) is 51.2 Å². The van der Waals surface area contributed by atoms with Crippen LogP contribution in [0.4, 0.5) is 22.0 Å². The molecule has 10 heteroatoms. The molecular weight excluding hydrogens is 602 g/mol. The molecule has 250 valence electrons. The average molecular weight is 648 g/mol. The van der Waals surface area contributed by atoms with Crippen molar-refractivity contribution in [3.05, 3.63) is 101 Å². The number of aryl methyl sites for hydroxylation is 1. The van der Waals surface area contributed by atoms with Crippen LogP contribution in [0.2, 0.25) is 0 Å². The molecule has 3 heterocycles. The van der Waals surface area contributed by atoms with Gasteiger partial charge in [-0.3, -0.25) is 14.9 Å². The second kappa shape index (κ2) is 13.5. The number of hydrogen-bond donors (Lipinski definition) is 4. The van der Waals surface area contributed by atoms with Crippen LogP contribution in [0.25, 0.3) is 5.69 Å². The molecule has 0 spiro atoms. The molecule has 1 aromatic heterocycles. The number of carbonyl (C=O) groups excluding carboxylic acids is 3. The Kier molecular flexibility index (Phi) is 9.26. The highest BCUT2D eigenvalue weighted by Gasteiger charge is 2.42. The maximum absolute atomic E-state index is 13.1. The van der Waals surface area contributed by atoms with Crippen molar-refractivity contribution < 1.29 is 14.4 Å². The summed E-state index contributed by atoms with van der Waals surface area (Å²) >= 11 is 0. The van der Waals surface area contributed by atoms with Crippen molar-refractivity contribution in [3.63, 3.8) is 0 Å².